The van der Waals surface area contributed by atoms with Crippen molar-refractivity contribution in [2.24, 2.45) is 11.8 Å². The lowest BCUT2D eigenvalue weighted by molar-refractivity contribution is -0.155. The Kier molecular flexibility index (Phi) is 9.72. The smallest absolute Gasteiger partial charge is 0.408 e. The molecule has 0 aromatic heterocycles. The Balaban J connectivity index is 2.15. The van der Waals surface area contributed by atoms with E-state index in [9.17, 15) is 9.59 Å². The van der Waals surface area contributed by atoms with Crippen LogP contribution in [0.2, 0.25) is 0 Å². The molecule has 1 aliphatic rings. The number of carbonyl (C=O) groups excluding carboxylic acids is 2. The van der Waals surface area contributed by atoms with E-state index in [-0.39, 0.29) is 18.4 Å². The molecule has 32 heavy (non-hydrogen) atoms. The Morgan fingerprint density at radius 2 is 1.91 bits per heavy atom. The molecule has 1 saturated heterocycles. The third-order valence-corrected chi connectivity index (χ3v) is 5.10. The van der Waals surface area contributed by atoms with Crippen molar-refractivity contribution in [3.8, 4) is 0 Å². The summed E-state index contributed by atoms with van der Waals surface area (Å²) >= 11 is 0. The predicted molar refractivity (Wildman–Crippen MR) is 122 cm³/mol. The zero-order valence-electron chi connectivity index (χ0n) is 19.9. The fraction of sp³-hybridized carbons (Fsp3) is 0.600. The van der Waals surface area contributed by atoms with Gasteiger partial charge < -0.3 is 24.3 Å². The first-order valence-corrected chi connectivity index (χ1v) is 11.1. The van der Waals surface area contributed by atoms with E-state index in [4.69, 9.17) is 18.9 Å². The number of amides is 1. The van der Waals surface area contributed by atoms with E-state index in [1.807, 2.05) is 32.0 Å². The summed E-state index contributed by atoms with van der Waals surface area (Å²) in [6.45, 7) is 14.2. The molecular formula is C25H37NO6. The lowest BCUT2D eigenvalue weighted by Crippen LogP contribution is -2.47. The van der Waals surface area contributed by atoms with Crippen molar-refractivity contribution in [3.05, 3.63) is 48.0 Å². The molecule has 7 heteroatoms. The summed E-state index contributed by atoms with van der Waals surface area (Å²) in [7, 11) is 0. The largest absolute Gasteiger partial charge is 0.461 e. The average molecular weight is 448 g/mol. The van der Waals surface area contributed by atoms with E-state index in [1.54, 1.807) is 20.8 Å². The van der Waals surface area contributed by atoms with Crippen LogP contribution in [0.1, 0.15) is 40.2 Å². The second-order valence-electron chi connectivity index (χ2n) is 9.46. The van der Waals surface area contributed by atoms with Gasteiger partial charge in [0.2, 0.25) is 0 Å². The summed E-state index contributed by atoms with van der Waals surface area (Å²) in [5.41, 5.74) is 1.43. The molecule has 178 valence electrons. The average Bonchev–Trinajstić information content (AvgIpc) is 2.72. The molecule has 1 fully saturated rings. The highest BCUT2D eigenvalue weighted by molar-refractivity contribution is 5.81. The van der Waals surface area contributed by atoms with Crippen LogP contribution in [0.3, 0.4) is 0 Å². The topological polar surface area (TPSA) is 83.1 Å². The lowest BCUT2D eigenvalue weighted by atomic mass is 9.84. The van der Waals surface area contributed by atoms with Gasteiger partial charge in [-0.15, -0.1) is 0 Å². The molecule has 1 aliphatic heterocycles. The van der Waals surface area contributed by atoms with Gasteiger partial charge in [-0.3, -0.25) is 0 Å². The van der Waals surface area contributed by atoms with Crippen molar-refractivity contribution in [2.75, 3.05) is 26.4 Å². The lowest BCUT2D eigenvalue weighted by Gasteiger charge is -2.30. The molecule has 0 spiro atoms. The van der Waals surface area contributed by atoms with Gasteiger partial charge >= 0.3 is 12.1 Å². The van der Waals surface area contributed by atoms with E-state index in [1.165, 1.54) is 5.56 Å². The van der Waals surface area contributed by atoms with Gasteiger partial charge in [0.25, 0.3) is 0 Å². The van der Waals surface area contributed by atoms with Crippen molar-refractivity contribution in [2.45, 2.75) is 58.8 Å². The van der Waals surface area contributed by atoms with Gasteiger partial charge in [0.15, 0.2) is 6.04 Å². The SMILES string of the molecule is C=C(C)COC[C@@H]1[C@@H](Cc2ccccc2)COC[C@H](NC(=O)OC(C)(C)C)C(=O)O[C@H]1C. The highest BCUT2D eigenvalue weighted by Gasteiger charge is 2.35. The zero-order valence-corrected chi connectivity index (χ0v) is 19.9. The zero-order chi connectivity index (χ0) is 23.7. The molecule has 0 unspecified atom stereocenters. The molecule has 4 atom stereocenters. The van der Waals surface area contributed by atoms with Gasteiger partial charge in [-0.1, -0.05) is 42.5 Å². The summed E-state index contributed by atoms with van der Waals surface area (Å²) in [4.78, 5) is 25.0. The van der Waals surface area contributed by atoms with Crippen molar-refractivity contribution in [3.63, 3.8) is 0 Å². The number of carbonyl (C=O) groups is 2. The number of esters is 1. The van der Waals surface area contributed by atoms with E-state index < -0.39 is 29.8 Å². The Morgan fingerprint density at radius 1 is 1.22 bits per heavy atom. The maximum Gasteiger partial charge on any atom is 0.408 e. The van der Waals surface area contributed by atoms with Gasteiger partial charge in [-0.25, -0.2) is 9.59 Å². The summed E-state index contributed by atoms with van der Waals surface area (Å²) < 4.78 is 22.8. The molecule has 1 heterocycles. The van der Waals surface area contributed by atoms with Crippen LogP contribution in [-0.4, -0.2) is 56.2 Å². The van der Waals surface area contributed by atoms with Crippen LogP contribution < -0.4 is 5.32 Å². The molecule has 0 saturated carbocycles. The number of hydrogen-bond acceptors (Lipinski definition) is 6. The fourth-order valence-electron chi connectivity index (χ4n) is 3.58. The van der Waals surface area contributed by atoms with E-state index in [0.717, 1.165) is 12.0 Å². The third-order valence-electron chi connectivity index (χ3n) is 5.10. The number of rotatable bonds is 7. The summed E-state index contributed by atoms with van der Waals surface area (Å²) in [5.74, 6) is -0.571. The molecule has 0 aliphatic carbocycles. The maximum atomic E-state index is 12.8. The molecule has 0 radical (unpaired) electrons. The van der Waals surface area contributed by atoms with Crippen molar-refractivity contribution in [1.82, 2.24) is 5.32 Å². The Labute approximate surface area is 191 Å². The maximum absolute atomic E-state index is 12.8. The van der Waals surface area contributed by atoms with Crippen LogP contribution in [0.25, 0.3) is 0 Å². The van der Waals surface area contributed by atoms with Gasteiger partial charge in [0, 0.05) is 5.92 Å². The van der Waals surface area contributed by atoms with Crippen LogP contribution in [0.4, 0.5) is 4.79 Å². The van der Waals surface area contributed by atoms with Crippen LogP contribution in [0.5, 0.6) is 0 Å². The van der Waals surface area contributed by atoms with Gasteiger partial charge in [-0.2, -0.15) is 0 Å². The van der Waals surface area contributed by atoms with Crippen molar-refractivity contribution in [1.29, 1.82) is 0 Å². The normalized spacial score (nSPS) is 24.5. The van der Waals surface area contributed by atoms with Crippen LogP contribution in [0.15, 0.2) is 42.5 Å². The molecule has 2 rings (SSSR count). The molecular weight excluding hydrogens is 410 g/mol. The minimum Gasteiger partial charge on any atom is -0.461 e. The first-order valence-electron chi connectivity index (χ1n) is 11.1. The summed E-state index contributed by atoms with van der Waals surface area (Å²) in [6, 6.07) is 9.18. The quantitative estimate of drug-likeness (QED) is 0.504. The number of hydrogen-bond donors (Lipinski definition) is 1. The Hall–Kier alpha value is -2.38. The second kappa shape index (κ2) is 12.0. The Bertz CT molecular complexity index is 757. The number of alkyl carbamates (subject to hydrolysis) is 1. The number of benzene rings is 1. The fourth-order valence-corrected chi connectivity index (χ4v) is 3.58. The van der Waals surface area contributed by atoms with Gasteiger partial charge in [-0.05, 0) is 52.5 Å². The number of cyclic esters (lactones) is 1. The van der Waals surface area contributed by atoms with Crippen LogP contribution in [0, 0.1) is 11.8 Å². The third kappa shape index (κ3) is 9.01. The molecule has 1 aromatic rings. The predicted octanol–water partition coefficient (Wildman–Crippen LogP) is 3.91. The van der Waals surface area contributed by atoms with E-state index in [2.05, 4.69) is 24.0 Å². The van der Waals surface area contributed by atoms with Gasteiger partial charge in [0.1, 0.15) is 11.7 Å². The minimum absolute atomic E-state index is 0.00935. The number of nitrogens with one attached hydrogen (secondary N) is 1. The highest BCUT2D eigenvalue weighted by Crippen LogP contribution is 2.26. The molecule has 1 amide bonds. The van der Waals surface area contributed by atoms with Crippen LogP contribution >= 0.6 is 0 Å². The first kappa shape index (κ1) is 25.9. The molecule has 7 nitrogen and oxygen atoms in total. The molecule has 0 bridgehead atoms. The standard InChI is InChI=1S/C25H37NO6/c1-17(2)13-29-15-21-18(3)31-23(27)22(26-24(28)32-25(4,5)6)16-30-14-20(21)12-19-10-8-7-9-11-19/h7-11,18,20-22H,1,12-16H2,2-6H3,(H,26,28)/t18-,20-,21-,22-/m0/s1. The van der Waals surface area contributed by atoms with Gasteiger partial charge in [0.05, 0.1) is 26.4 Å². The first-order chi connectivity index (χ1) is 15.0. The minimum atomic E-state index is -0.945. The van der Waals surface area contributed by atoms with E-state index in [0.29, 0.717) is 19.8 Å². The number of ether oxygens (including phenoxy) is 4. The Morgan fingerprint density at radius 3 is 2.53 bits per heavy atom. The monoisotopic (exact) mass is 447 g/mol. The van der Waals surface area contributed by atoms with Crippen molar-refractivity contribution >= 4 is 12.1 Å². The highest BCUT2D eigenvalue weighted by atomic mass is 16.6. The summed E-state index contributed by atoms with van der Waals surface area (Å²) in [5, 5.41) is 2.58. The molecule has 1 N–H and O–H groups in total. The summed E-state index contributed by atoms with van der Waals surface area (Å²) in [6.07, 6.45) is -0.350. The second-order valence-corrected chi connectivity index (χ2v) is 9.46. The van der Waals surface area contributed by atoms with E-state index >= 15 is 0 Å². The van der Waals surface area contributed by atoms with Crippen molar-refractivity contribution < 1.29 is 28.5 Å². The van der Waals surface area contributed by atoms with Crippen LogP contribution in [-0.2, 0) is 30.2 Å². The molecule has 1 aromatic carbocycles.